The molecule has 0 heterocycles. The van der Waals surface area contributed by atoms with Crippen LogP contribution in [-0.2, 0) is 0 Å². The normalized spacial score (nSPS) is 10.7. The topological polar surface area (TPSA) is 61.7 Å². The first-order valence-corrected chi connectivity index (χ1v) is 6.74. The molecule has 2 N–H and O–H groups in total. The van der Waals surface area contributed by atoms with E-state index in [9.17, 15) is 9.90 Å². The third-order valence-electron chi connectivity index (χ3n) is 2.66. The fourth-order valence-electron chi connectivity index (χ4n) is 1.57. The highest BCUT2D eigenvalue weighted by Crippen LogP contribution is 2.21. The molecule has 4 nitrogen and oxygen atoms in total. The van der Waals surface area contributed by atoms with Gasteiger partial charge in [-0.15, -0.1) is 0 Å². The number of nitrogens with one attached hydrogen (secondary N) is 1. The zero-order valence-electron chi connectivity index (χ0n) is 10.8. The van der Waals surface area contributed by atoms with Gasteiger partial charge in [0, 0.05) is 4.47 Å². The molecule has 0 aliphatic carbocycles. The number of phenols is 1. The highest BCUT2D eigenvalue weighted by molar-refractivity contribution is 9.10. The number of benzene rings is 2. The largest absolute Gasteiger partial charge is 0.507 e. The van der Waals surface area contributed by atoms with Crippen molar-refractivity contribution >= 4 is 28.1 Å². The van der Waals surface area contributed by atoms with Gasteiger partial charge in [-0.25, -0.2) is 5.43 Å². The molecule has 20 heavy (non-hydrogen) atoms. The number of aromatic hydroxyl groups is 1. The van der Waals surface area contributed by atoms with Gasteiger partial charge >= 0.3 is 0 Å². The number of hydrazone groups is 1. The van der Waals surface area contributed by atoms with Crippen LogP contribution in [0.1, 0.15) is 21.5 Å². The maximum atomic E-state index is 11.9. The summed E-state index contributed by atoms with van der Waals surface area (Å²) in [6, 6.07) is 12.4. The van der Waals surface area contributed by atoms with Crippen LogP contribution >= 0.6 is 15.9 Å². The van der Waals surface area contributed by atoms with E-state index in [1.54, 1.807) is 12.3 Å². The third-order valence-corrected chi connectivity index (χ3v) is 3.15. The van der Waals surface area contributed by atoms with Gasteiger partial charge in [-0.1, -0.05) is 45.8 Å². The number of halogens is 1. The molecule has 0 bridgehead atoms. The van der Waals surface area contributed by atoms with Gasteiger partial charge in [0.25, 0.3) is 5.91 Å². The monoisotopic (exact) mass is 332 g/mol. The Morgan fingerprint density at radius 1 is 1.25 bits per heavy atom. The zero-order valence-corrected chi connectivity index (χ0v) is 12.4. The first kappa shape index (κ1) is 14.3. The van der Waals surface area contributed by atoms with Gasteiger partial charge in [0.15, 0.2) is 0 Å². The molecule has 0 aromatic heterocycles. The third kappa shape index (κ3) is 3.68. The van der Waals surface area contributed by atoms with E-state index >= 15 is 0 Å². The molecule has 0 radical (unpaired) electrons. The van der Waals surface area contributed by atoms with Crippen LogP contribution in [-0.4, -0.2) is 17.2 Å². The lowest BCUT2D eigenvalue weighted by atomic mass is 10.2. The molecule has 0 unspecified atom stereocenters. The van der Waals surface area contributed by atoms with E-state index < -0.39 is 5.91 Å². The summed E-state index contributed by atoms with van der Waals surface area (Å²) in [6.45, 7) is 2.00. The number of carbonyl (C=O) groups excluding carboxylic acids is 1. The van der Waals surface area contributed by atoms with Crippen molar-refractivity contribution in [2.45, 2.75) is 6.92 Å². The van der Waals surface area contributed by atoms with Crippen molar-refractivity contribution in [3.05, 3.63) is 63.6 Å². The first-order valence-electron chi connectivity index (χ1n) is 5.95. The van der Waals surface area contributed by atoms with Gasteiger partial charge in [0.2, 0.25) is 0 Å². The molecular formula is C15H13BrN2O2. The molecule has 102 valence electrons. The van der Waals surface area contributed by atoms with Crippen LogP contribution in [0.25, 0.3) is 0 Å². The van der Waals surface area contributed by atoms with Gasteiger partial charge in [0.05, 0.1) is 11.8 Å². The van der Waals surface area contributed by atoms with E-state index in [2.05, 4.69) is 26.5 Å². The Morgan fingerprint density at radius 2 is 1.95 bits per heavy atom. The summed E-state index contributed by atoms with van der Waals surface area (Å²) in [5, 5.41) is 13.5. The molecule has 1 amide bonds. The summed E-state index contributed by atoms with van der Waals surface area (Å²) in [6.07, 6.45) is 1.55. The van der Waals surface area contributed by atoms with Gasteiger partial charge < -0.3 is 5.11 Å². The van der Waals surface area contributed by atoms with Crippen LogP contribution in [0.2, 0.25) is 0 Å². The van der Waals surface area contributed by atoms with E-state index in [0.29, 0.717) is 4.47 Å². The first-order chi connectivity index (χ1) is 9.56. The van der Waals surface area contributed by atoms with Gasteiger partial charge in [-0.2, -0.15) is 5.10 Å². The van der Waals surface area contributed by atoms with Crippen molar-refractivity contribution < 1.29 is 9.90 Å². The van der Waals surface area contributed by atoms with Crippen LogP contribution < -0.4 is 5.43 Å². The number of hydrogen-bond acceptors (Lipinski definition) is 3. The van der Waals surface area contributed by atoms with Crippen molar-refractivity contribution in [2.24, 2.45) is 5.10 Å². The minimum atomic E-state index is -0.466. The quantitative estimate of drug-likeness (QED) is 0.669. The Hall–Kier alpha value is -2.14. The van der Waals surface area contributed by atoms with Crippen LogP contribution in [0, 0.1) is 6.92 Å². The molecule has 2 rings (SSSR count). The molecular weight excluding hydrogens is 320 g/mol. The number of carbonyl (C=O) groups is 1. The Labute approximate surface area is 125 Å². The minimum absolute atomic E-state index is 0.0868. The Kier molecular flexibility index (Phi) is 4.53. The fraction of sp³-hybridized carbons (Fsp3) is 0.0667. The molecule has 0 fully saturated rings. The van der Waals surface area contributed by atoms with E-state index in [-0.39, 0.29) is 11.3 Å². The Bertz CT molecular complexity index is 651. The van der Waals surface area contributed by atoms with Crippen LogP contribution in [0.4, 0.5) is 0 Å². The van der Waals surface area contributed by atoms with Crippen molar-refractivity contribution in [1.29, 1.82) is 0 Å². The SMILES string of the molecule is Cc1ccc(/C=N/NC(=O)c2cc(Br)ccc2O)cc1. The lowest BCUT2D eigenvalue weighted by Crippen LogP contribution is -2.17. The lowest BCUT2D eigenvalue weighted by molar-refractivity contribution is 0.0952. The number of rotatable bonds is 3. The fourth-order valence-corrected chi connectivity index (χ4v) is 1.93. The summed E-state index contributed by atoms with van der Waals surface area (Å²) in [4.78, 5) is 11.9. The Morgan fingerprint density at radius 3 is 2.65 bits per heavy atom. The van der Waals surface area contributed by atoms with E-state index in [1.807, 2.05) is 31.2 Å². The minimum Gasteiger partial charge on any atom is -0.507 e. The van der Waals surface area contributed by atoms with Crippen LogP contribution in [0.5, 0.6) is 5.75 Å². The summed E-state index contributed by atoms with van der Waals surface area (Å²) >= 11 is 3.25. The van der Waals surface area contributed by atoms with E-state index in [0.717, 1.165) is 11.1 Å². The highest BCUT2D eigenvalue weighted by atomic mass is 79.9. The molecule has 0 aliphatic heterocycles. The maximum Gasteiger partial charge on any atom is 0.275 e. The number of phenolic OH excluding ortho intramolecular Hbond substituents is 1. The molecule has 0 saturated carbocycles. The highest BCUT2D eigenvalue weighted by Gasteiger charge is 2.10. The molecule has 2 aromatic carbocycles. The van der Waals surface area contributed by atoms with Gasteiger partial charge in [-0.3, -0.25) is 4.79 Å². The summed E-state index contributed by atoms with van der Waals surface area (Å²) in [7, 11) is 0. The number of hydrogen-bond donors (Lipinski definition) is 2. The van der Waals surface area contributed by atoms with Crippen molar-refractivity contribution in [3.8, 4) is 5.75 Å². The standard InChI is InChI=1S/C15H13BrN2O2/c1-10-2-4-11(5-3-10)9-17-18-15(20)13-8-12(16)6-7-14(13)19/h2-9,19H,1H3,(H,18,20)/b17-9+. The van der Waals surface area contributed by atoms with Crippen LogP contribution in [0.15, 0.2) is 52.0 Å². The summed E-state index contributed by atoms with van der Waals surface area (Å²) in [5.74, 6) is -0.552. The van der Waals surface area contributed by atoms with Crippen molar-refractivity contribution in [1.82, 2.24) is 5.43 Å². The van der Waals surface area contributed by atoms with E-state index in [1.165, 1.54) is 12.1 Å². The predicted molar refractivity (Wildman–Crippen MR) is 82.0 cm³/mol. The zero-order chi connectivity index (χ0) is 14.5. The molecule has 0 atom stereocenters. The van der Waals surface area contributed by atoms with Crippen LogP contribution in [0.3, 0.4) is 0 Å². The van der Waals surface area contributed by atoms with Gasteiger partial charge in [0.1, 0.15) is 5.75 Å². The summed E-state index contributed by atoms with van der Waals surface area (Å²) < 4.78 is 0.711. The smallest absolute Gasteiger partial charge is 0.275 e. The Balaban J connectivity index is 2.05. The van der Waals surface area contributed by atoms with E-state index in [4.69, 9.17) is 0 Å². The van der Waals surface area contributed by atoms with Gasteiger partial charge in [-0.05, 0) is 30.7 Å². The summed E-state index contributed by atoms with van der Waals surface area (Å²) in [5.41, 5.74) is 4.59. The lowest BCUT2D eigenvalue weighted by Gasteiger charge is -2.03. The molecule has 2 aromatic rings. The molecule has 0 spiro atoms. The molecule has 5 heteroatoms. The maximum absolute atomic E-state index is 11.9. The number of amides is 1. The second-order valence-electron chi connectivity index (χ2n) is 4.27. The molecule has 0 aliphatic rings. The molecule has 0 saturated heterocycles. The number of aryl methyl sites for hydroxylation is 1. The second-order valence-corrected chi connectivity index (χ2v) is 5.19. The number of nitrogens with zero attached hydrogens (tertiary/aromatic N) is 1. The van der Waals surface area contributed by atoms with Crippen molar-refractivity contribution in [2.75, 3.05) is 0 Å². The average molecular weight is 333 g/mol. The average Bonchev–Trinajstić information content (AvgIpc) is 2.43. The predicted octanol–water partition coefficient (Wildman–Crippen LogP) is 3.23. The second kappa shape index (κ2) is 6.34. The van der Waals surface area contributed by atoms with Crippen molar-refractivity contribution in [3.63, 3.8) is 0 Å².